The number of nitrogens with one attached hydrogen (secondary N) is 2. The van der Waals surface area contributed by atoms with Gasteiger partial charge in [0.1, 0.15) is 0 Å². The second-order valence-electron chi connectivity index (χ2n) is 9.59. The van der Waals surface area contributed by atoms with Gasteiger partial charge in [-0.25, -0.2) is 5.01 Å². The molecule has 5 unspecified atom stereocenters. The first kappa shape index (κ1) is 18.7. The van der Waals surface area contributed by atoms with E-state index in [1.807, 2.05) is 0 Å². The maximum Gasteiger partial charge on any atom is 0.0953 e. The van der Waals surface area contributed by atoms with Crippen LogP contribution >= 0.6 is 0 Å². The number of piperidine rings is 1. The molecule has 4 rings (SSSR count). The minimum atomic E-state index is 0.0875. The molecule has 4 nitrogen and oxygen atoms in total. The fraction of sp³-hybridized carbons (Fsp3) is 0.955. The molecule has 2 saturated heterocycles. The van der Waals surface area contributed by atoms with Gasteiger partial charge in [0.2, 0.25) is 0 Å². The average Bonchev–Trinajstić information content (AvgIpc) is 3.18. The number of hydrazine groups is 1. The molecule has 0 aromatic carbocycles. The maximum absolute atomic E-state index is 9.02. The largest absolute Gasteiger partial charge is 0.302 e. The molecule has 2 saturated carbocycles. The van der Waals surface area contributed by atoms with Crippen molar-refractivity contribution in [2.24, 2.45) is 23.7 Å². The molecule has 0 aromatic heterocycles. The van der Waals surface area contributed by atoms with Crippen LogP contribution in [0.1, 0.15) is 77.0 Å². The number of hydrogen-bond acceptors (Lipinski definition) is 4. The Labute approximate surface area is 160 Å². The number of hydrogen-bond donors (Lipinski definition) is 2. The monoisotopic (exact) mass is 358 g/mol. The highest BCUT2D eigenvalue weighted by Gasteiger charge is 2.36. The zero-order valence-corrected chi connectivity index (χ0v) is 16.5. The van der Waals surface area contributed by atoms with Crippen LogP contribution in [0, 0.1) is 35.0 Å². The fourth-order valence-corrected chi connectivity index (χ4v) is 6.30. The van der Waals surface area contributed by atoms with E-state index in [-0.39, 0.29) is 6.04 Å². The number of nitriles is 1. The highest BCUT2D eigenvalue weighted by Crippen LogP contribution is 2.42. The molecule has 0 aromatic rings. The minimum Gasteiger partial charge on any atom is -0.302 e. The summed E-state index contributed by atoms with van der Waals surface area (Å²) in [6, 6.07) is 3.17. The second kappa shape index (κ2) is 9.04. The summed E-state index contributed by atoms with van der Waals surface area (Å²) in [4.78, 5) is 0. The van der Waals surface area contributed by atoms with Gasteiger partial charge < -0.3 is 5.32 Å². The quantitative estimate of drug-likeness (QED) is 0.801. The van der Waals surface area contributed by atoms with E-state index in [9.17, 15) is 0 Å². The molecule has 2 heterocycles. The van der Waals surface area contributed by atoms with Crippen molar-refractivity contribution in [2.75, 3.05) is 19.6 Å². The number of nitrogens with zero attached hydrogens (tertiary/aromatic N) is 2. The summed E-state index contributed by atoms with van der Waals surface area (Å²) in [6.07, 6.45) is 16.9. The molecule has 4 heteroatoms. The van der Waals surface area contributed by atoms with Gasteiger partial charge in [-0.3, -0.25) is 5.43 Å². The standard InChI is InChI=1S/C22H38N4/c23-14-21-10-9-17(15-24-21)16-26-12-11-22(25-26)20-8-4-7-19(13-20)18-5-2-1-3-6-18/h17-22,24-25H,1-13,15-16H2. The molecule has 26 heavy (non-hydrogen) atoms. The van der Waals surface area contributed by atoms with E-state index in [2.05, 4.69) is 21.8 Å². The van der Waals surface area contributed by atoms with Gasteiger partial charge in [-0.15, -0.1) is 0 Å². The van der Waals surface area contributed by atoms with E-state index >= 15 is 0 Å². The normalized spacial score (nSPS) is 40.3. The van der Waals surface area contributed by atoms with E-state index in [0.717, 1.165) is 43.3 Å². The third-order valence-electron chi connectivity index (χ3n) is 7.85. The lowest BCUT2D eigenvalue weighted by Crippen LogP contribution is -2.46. The van der Waals surface area contributed by atoms with Crippen molar-refractivity contribution >= 4 is 0 Å². The molecule has 0 bridgehead atoms. The summed E-state index contributed by atoms with van der Waals surface area (Å²) in [5.74, 6) is 3.68. The van der Waals surface area contributed by atoms with E-state index < -0.39 is 0 Å². The van der Waals surface area contributed by atoms with Crippen LogP contribution in [0.3, 0.4) is 0 Å². The van der Waals surface area contributed by atoms with Crippen molar-refractivity contribution in [3.63, 3.8) is 0 Å². The van der Waals surface area contributed by atoms with Crippen LogP contribution in [0.2, 0.25) is 0 Å². The lowest BCUT2D eigenvalue weighted by atomic mass is 9.69. The van der Waals surface area contributed by atoms with Crippen molar-refractivity contribution in [1.29, 1.82) is 5.26 Å². The van der Waals surface area contributed by atoms with Gasteiger partial charge in [-0.2, -0.15) is 5.26 Å². The van der Waals surface area contributed by atoms with Crippen molar-refractivity contribution < 1.29 is 0 Å². The summed E-state index contributed by atoms with van der Waals surface area (Å²) < 4.78 is 0. The zero-order valence-electron chi connectivity index (χ0n) is 16.5. The summed E-state index contributed by atoms with van der Waals surface area (Å²) in [5, 5.41) is 14.9. The molecular weight excluding hydrogens is 320 g/mol. The Kier molecular flexibility index (Phi) is 6.51. The van der Waals surface area contributed by atoms with Gasteiger partial charge in [0.15, 0.2) is 0 Å². The molecule has 2 aliphatic heterocycles. The molecule has 2 aliphatic carbocycles. The summed E-state index contributed by atoms with van der Waals surface area (Å²) in [7, 11) is 0. The van der Waals surface area contributed by atoms with Crippen LogP contribution < -0.4 is 10.7 Å². The van der Waals surface area contributed by atoms with Crippen LogP contribution in [-0.4, -0.2) is 36.7 Å². The predicted octanol–water partition coefficient (Wildman–Crippen LogP) is 3.84. The Morgan fingerprint density at radius 3 is 2.42 bits per heavy atom. The first-order valence-corrected chi connectivity index (χ1v) is 11.5. The SMILES string of the molecule is N#CC1CCC(CN2CCC(C3CCCC(C4CCCCC4)C3)N2)CN1. The number of rotatable bonds is 4. The van der Waals surface area contributed by atoms with Gasteiger partial charge >= 0.3 is 0 Å². The van der Waals surface area contributed by atoms with Crippen LogP contribution in [-0.2, 0) is 0 Å². The van der Waals surface area contributed by atoms with Gasteiger partial charge in [-0.1, -0.05) is 44.9 Å². The highest BCUT2D eigenvalue weighted by atomic mass is 15.5. The van der Waals surface area contributed by atoms with Crippen LogP contribution in [0.5, 0.6) is 0 Å². The van der Waals surface area contributed by atoms with Crippen molar-refractivity contribution in [1.82, 2.24) is 15.8 Å². The molecule has 0 amide bonds. The minimum absolute atomic E-state index is 0.0875. The van der Waals surface area contributed by atoms with Crippen molar-refractivity contribution in [3.05, 3.63) is 0 Å². The Morgan fingerprint density at radius 1 is 0.846 bits per heavy atom. The van der Waals surface area contributed by atoms with E-state index in [4.69, 9.17) is 5.26 Å². The third kappa shape index (κ3) is 4.61. The maximum atomic E-state index is 9.02. The van der Waals surface area contributed by atoms with Crippen molar-refractivity contribution in [2.45, 2.75) is 89.1 Å². The Balaban J connectivity index is 1.22. The first-order valence-electron chi connectivity index (χ1n) is 11.5. The zero-order chi connectivity index (χ0) is 17.8. The van der Waals surface area contributed by atoms with Gasteiger partial charge in [0, 0.05) is 25.7 Å². The molecule has 4 fully saturated rings. The lowest BCUT2D eigenvalue weighted by Gasteiger charge is -2.39. The lowest BCUT2D eigenvalue weighted by molar-refractivity contribution is 0.118. The smallest absolute Gasteiger partial charge is 0.0953 e. The topological polar surface area (TPSA) is 51.1 Å². The van der Waals surface area contributed by atoms with E-state index in [0.29, 0.717) is 5.92 Å². The molecule has 5 atom stereocenters. The van der Waals surface area contributed by atoms with Crippen LogP contribution in [0.25, 0.3) is 0 Å². The summed E-state index contributed by atoms with van der Waals surface area (Å²) >= 11 is 0. The molecule has 2 N–H and O–H groups in total. The predicted molar refractivity (Wildman–Crippen MR) is 105 cm³/mol. The van der Waals surface area contributed by atoms with Crippen LogP contribution in [0.4, 0.5) is 0 Å². The van der Waals surface area contributed by atoms with E-state index in [1.165, 1.54) is 77.2 Å². The van der Waals surface area contributed by atoms with Crippen LogP contribution in [0.15, 0.2) is 0 Å². The molecule has 4 aliphatic rings. The molecule has 0 radical (unpaired) electrons. The first-order chi connectivity index (χ1) is 12.8. The van der Waals surface area contributed by atoms with Crippen molar-refractivity contribution in [3.8, 4) is 6.07 Å². The van der Waals surface area contributed by atoms with E-state index in [1.54, 1.807) is 0 Å². The second-order valence-corrected chi connectivity index (χ2v) is 9.59. The third-order valence-corrected chi connectivity index (χ3v) is 7.85. The Hall–Kier alpha value is -0.630. The highest BCUT2D eigenvalue weighted by molar-refractivity contribution is 4.94. The Bertz CT molecular complexity index is 473. The average molecular weight is 359 g/mol. The molecule has 0 spiro atoms. The molecule has 146 valence electrons. The summed E-state index contributed by atoms with van der Waals surface area (Å²) in [5.41, 5.74) is 3.90. The summed E-state index contributed by atoms with van der Waals surface area (Å²) in [6.45, 7) is 3.38. The van der Waals surface area contributed by atoms with Gasteiger partial charge in [0.05, 0.1) is 12.1 Å². The van der Waals surface area contributed by atoms with Gasteiger partial charge in [0.25, 0.3) is 0 Å². The Morgan fingerprint density at radius 2 is 1.65 bits per heavy atom. The molecular formula is C22H38N4. The fourth-order valence-electron chi connectivity index (χ4n) is 6.30. The van der Waals surface area contributed by atoms with Gasteiger partial charge in [-0.05, 0) is 55.8 Å².